The van der Waals surface area contributed by atoms with E-state index in [1.807, 2.05) is 37.3 Å². The number of anilines is 1. The quantitative estimate of drug-likeness (QED) is 0.309. The molecule has 4 heterocycles. The Hall–Kier alpha value is -3.96. The molecular formula is C26H27N7O3S. The van der Waals surface area contributed by atoms with Crippen LogP contribution in [0.15, 0.2) is 48.9 Å². The summed E-state index contributed by atoms with van der Waals surface area (Å²) < 4.78 is 6.48. The van der Waals surface area contributed by atoms with Crippen LogP contribution in [0.4, 0.5) is 9.93 Å². The van der Waals surface area contributed by atoms with Gasteiger partial charge in [0.1, 0.15) is 6.04 Å². The zero-order chi connectivity index (χ0) is 25.8. The molecule has 0 spiro atoms. The van der Waals surface area contributed by atoms with Crippen molar-refractivity contribution in [2.75, 3.05) is 18.4 Å². The van der Waals surface area contributed by atoms with E-state index < -0.39 is 6.10 Å². The molecule has 1 aromatic carbocycles. The van der Waals surface area contributed by atoms with Crippen molar-refractivity contribution >= 4 is 38.7 Å². The van der Waals surface area contributed by atoms with E-state index in [-0.39, 0.29) is 18.0 Å². The minimum absolute atomic E-state index is 0.260. The van der Waals surface area contributed by atoms with Crippen molar-refractivity contribution in [1.29, 1.82) is 0 Å². The van der Waals surface area contributed by atoms with Crippen molar-refractivity contribution < 1.29 is 14.3 Å². The summed E-state index contributed by atoms with van der Waals surface area (Å²) in [6.45, 7) is 4.97. The third-order valence-electron chi connectivity index (χ3n) is 6.00. The lowest BCUT2D eigenvalue weighted by molar-refractivity contribution is -0.151. The highest BCUT2D eigenvalue weighted by Crippen LogP contribution is 2.38. The largest absolute Gasteiger partial charge is 0.453 e. The maximum atomic E-state index is 12.3. The van der Waals surface area contributed by atoms with Gasteiger partial charge in [0.15, 0.2) is 17.1 Å². The number of ether oxygens (including phenoxy) is 1. The first kappa shape index (κ1) is 24.7. The molecule has 0 radical (unpaired) electrons. The maximum Gasteiger partial charge on any atom is 0.323 e. The highest BCUT2D eigenvalue weighted by molar-refractivity contribution is 7.22. The molecule has 1 unspecified atom stereocenters. The second kappa shape index (κ2) is 11.0. The van der Waals surface area contributed by atoms with E-state index in [0.717, 1.165) is 52.0 Å². The lowest BCUT2D eigenvalue weighted by Crippen LogP contribution is -2.33. The van der Waals surface area contributed by atoms with Gasteiger partial charge in [-0.25, -0.2) is 19.7 Å². The van der Waals surface area contributed by atoms with Crippen LogP contribution in [-0.4, -0.2) is 51.1 Å². The number of benzene rings is 1. The lowest BCUT2D eigenvalue weighted by atomic mass is 10.0. The molecule has 4 aromatic rings. The van der Waals surface area contributed by atoms with Gasteiger partial charge in [-0.2, -0.15) is 0 Å². The van der Waals surface area contributed by atoms with Gasteiger partial charge < -0.3 is 15.4 Å². The number of hydrogen-bond donors (Lipinski definition) is 3. The average Bonchev–Trinajstić information content (AvgIpc) is 3.59. The molecule has 3 aromatic heterocycles. The van der Waals surface area contributed by atoms with Gasteiger partial charge in [0.25, 0.3) is 0 Å². The zero-order valence-corrected chi connectivity index (χ0v) is 21.3. The van der Waals surface area contributed by atoms with Crippen molar-refractivity contribution in [3.63, 3.8) is 0 Å². The van der Waals surface area contributed by atoms with Crippen LogP contribution >= 0.6 is 11.3 Å². The van der Waals surface area contributed by atoms with E-state index in [9.17, 15) is 9.59 Å². The van der Waals surface area contributed by atoms with Gasteiger partial charge >= 0.3 is 12.0 Å². The van der Waals surface area contributed by atoms with Crippen molar-refractivity contribution in [1.82, 2.24) is 30.6 Å². The summed E-state index contributed by atoms with van der Waals surface area (Å²) >= 11 is 1.39. The zero-order valence-electron chi connectivity index (χ0n) is 20.5. The molecule has 1 aliphatic rings. The summed E-state index contributed by atoms with van der Waals surface area (Å²) in [7, 11) is 0. The Kier molecular flexibility index (Phi) is 7.33. The van der Waals surface area contributed by atoms with Crippen LogP contribution < -0.4 is 16.0 Å². The number of thiazole rings is 1. The number of nitrogens with zero attached hydrogens (tertiary/aromatic N) is 4. The topological polar surface area (TPSA) is 131 Å². The fourth-order valence-corrected chi connectivity index (χ4v) is 5.12. The first-order valence-electron chi connectivity index (χ1n) is 12.2. The van der Waals surface area contributed by atoms with E-state index in [1.54, 1.807) is 25.5 Å². The molecule has 2 amide bonds. The number of carbonyl (C=O) groups is 2. The third kappa shape index (κ3) is 5.57. The van der Waals surface area contributed by atoms with Crippen LogP contribution in [0.25, 0.3) is 32.6 Å². The number of rotatable bonds is 7. The summed E-state index contributed by atoms with van der Waals surface area (Å²) in [6.07, 6.45) is 6.35. The van der Waals surface area contributed by atoms with Crippen LogP contribution in [0.3, 0.4) is 0 Å². The molecule has 2 atom stereocenters. The molecule has 3 N–H and O–H groups in total. The third-order valence-corrected chi connectivity index (χ3v) is 7.02. The standard InChI is InChI=1S/C26H27N7O3S/c1-3-27-25(35)33-26-32-21-12-16(11-18(22(21)37-26)19-7-4-5-9-28-19)17-13-30-23(31-14-17)15(2)36-24(34)20-8-6-10-29-20/h4-5,7,9,11-15,20,29H,3,6,8,10H2,1-2H3,(H2,27,32,33,35)/t15?,20-/m0/s1. The predicted octanol–water partition coefficient (Wildman–Crippen LogP) is 4.31. The molecule has 10 nitrogen and oxygen atoms in total. The monoisotopic (exact) mass is 517 g/mol. The first-order valence-corrected chi connectivity index (χ1v) is 13.0. The second-order valence-corrected chi connectivity index (χ2v) is 9.65. The molecular weight excluding hydrogens is 490 g/mol. The molecule has 190 valence electrons. The fraction of sp³-hybridized carbons (Fsp3) is 0.308. The van der Waals surface area contributed by atoms with Gasteiger partial charge in [-0.15, -0.1) is 0 Å². The molecule has 1 aliphatic heterocycles. The normalized spacial score (nSPS) is 15.9. The van der Waals surface area contributed by atoms with E-state index in [2.05, 4.69) is 35.9 Å². The van der Waals surface area contributed by atoms with Crippen molar-refractivity contribution in [3.8, 4) is 22.4 Å². The van der Waals surface area contributed by atoms with Gasteiger partial charge in [-0.05, 0) is 63.1 Å². The average molecular weight is 518 g/mol. The van der Waals surface area contributed by atoms with E-state index >= 15 is 0 Å². The minimum Gasteiger partial charge on any atom is -0.453 e. The fourth-order valence-electron chi connectivity index (χ4n) is 4.16. The highest BCUT2D eigenvalue weighted by atomic mass is 32.1. The molecule has 37 heavy (non-hydrogen) atoms. The number of carbonyl (C=O) groups excluding carboxylic acids is 2. The van der Waals surface area contributed by atoms with E-state index in [0.29, 0.717) is 17.5 Å². The number of amides is 2. The number of pyridine rings is 1. The second-order valence-electron chi connectivity index (χ2n) is 8.65. The van der Waals surface area contributed by atoms with E-state index in [1.165, 1.54) is 11.3 Å². The van der Waals surface area contributed by atoms with Gasteiger partial charge in [-0.1, -0.05) is 17.4 Å². The van der Waals surface area contributed by atoms with Crippen molar-refractivity contribution in [2.24, 2.45) is 0 Å². The Morgan fingerprint density at radius 1 is 1.19 bits per heavy atom. The molecule has 0 bridgehead atoms. The smallest absolute Gasteiger partial charge is 0.323 e. The summed E-state index contributed by atoms with van der Waals surface area (Å²) in [5.74, 6) is 0.159. The molecule has 5 rings (SSSR count). The Morgan fingerprint density at radius 2 is 2.03 bits per heavy atom. The minimum atomic E-state index is -0.558. The number of fused-ring (bicyclic) bond motifs is 1. The maximum absolute atomic E-state index is 12.3. The molecule has 1 fully saturated rings. The number of urea groups is 1. The number of esters is 1. The van der Waals surface area contributed by atoms with Gasteiger partial charge in [0.05, 0.1) is 15.9 Å². The van der Waals surface area contributed by atoms with E-state index in [4.69, 9.17) is 4.74 Å². The Balaban J connectivity index is 1.44. The molecule has 0 saturated carbocycles. The summed E-state index contributed by atoms with van der Waals surface area (Å²) in [6, 6.07) is 9.12. The highest BCUT2D eigenvalue weighted by Gasteiger charge is 2.26. The van der Waals surface area contributed by atoms with Gasteiger partial charge in [-0.3, -0.25) is 15.1 Å². The van der Waals surface area contributed by atoms with Gasteiger partial charge in [0.2, 0.25) is 0 Å². The summed E-state index contributed by atoms with van der Waals surface area (Å²) in [5, 5.41) is 9.15. The summed E-state index contributed by atoms with van der Waals surface area (Å²) in [5.41, 5.74) is 4.05. The molecule has 0 aliphatic carbocycles. The Labute approximate surface area is 217 Å². The number of aromatic nitrogens is 4. The SMILES string of the molecule is CCNC(=O)Nc1nc2cc(-c3cnc(C(C)OC(=O)[C@@H]4CCCN4)nc3)cc(-c3ccccn3)c2s1. The van der Waals surface area contributed by atoms with Crippen molar-refractivity contribution in [2.45, 2.75) is 38.8 Å². The van der Waals surface area contributed by atoms with Crippen LogP contribution in [-0.2, 0) is 9.53 Å². The summed E-state index contributed by atoms with van der Waals surface area (Å²) in [4.78, 5) is 42.5. The van der Waals surface area contributed by atoms with Crippen LogP contribution in [0.5, 0.6) is 0 Å². The van der Waals surface area contributed by atoms with Crippen molar-refractivity contribution in [3.05, 3.63) is 54.7 Å². The Morgan fingerprint density at radius 3 is 2.73 bits per heavy atom. The predicted molar refractivity (Wildman–Crippen MR) is 142 cm³/mol. The lowest BCUT2D eigenvalue weighted by Gasteiger charge is -2.15. The number of nitrogens with one attached hydrogen (secondary N) is 3. The first-order chi connectivity index (χ1) is 18.0. The number of hydrogen-bond acceptors (Lipinski definition) is 9. The Bertz CT molecular complexity index is 1400. The molecule has 1 saturated heterocycles. The van der Waals surface area contributed by atoms with Crippen LogP contribution in [0.2, 0.25) is 0 Å². The van der Waals surface area contributed by atoms with Gasteiger partial charge in [0, 0.05) is 36.3 Å². The van der Waals surface area contributed by atoms with Crippen LogP contribution in [0, 0.1) is 0 Å². The molecule has 11 heteroatoms. The van der Waals surface area contributed by atoms with Crippen LogP contribution in [0.1, 0.15) is 38.6 Å².